The van der Waals surface area contributed by atoms with E-state index in [2.05, 4.69) is 10.6 Å². The fourth-order valence-electron chi connectivity index (χ4n) is 2.71. The third-order valence-electron chi connectivity index (χ3n) is 4.25. The lowest BCUT2D eigenvalue weighted by Gasteiger charge is -2.21. The van der Waals surface area contributed by atoms with Crippen molar-refractivity contribution in [2.24, 2.45) is 0 Å². The highest BCUT2D eigenvalue weighted by Crippen LogP contribution is 2.19. The molecule has 0 aliphatic rings. The first-order valence-corrected chi connectivity index (χ1v) is 9.76. The zero-order valence-electron chi connectivity index (χ0n) is 16.0. The van der Waals surface area contributed by atoms with Gasteiger partial charge in [0.1, 0.15) is 0 Å². The van der Waals surface area contributed by atoms with Crippen LogP contribution in [0, 0.1) is 6.92 Å². The number of benzene rings is 2. The van der Waals surface area contributed by atoms with Crippen molar-refractivity contribution in [1.29, 1.82) is 0 Å². The quantitative estimate of drug-likeness (QED) is 0.352. The van der Waals surface area contributed by atoms with Crippen molar-refractivity contribution >= 4 is 34.7 Å². The number of thiophene rings is 1. The topological polar surface area (TPSA) is 84.5 Å². The van der Waals surface area contributed by atoms with E-state index in [0.29, 0.717) is 16.1 Å². The summed E-state index contributed by atoms with van der Waals surface area (Å²) in [6.07, 6.45) is -1.07. The number of nitrogens with one attached hydrogen (secondary N) is 2. The van der Waals surface area contributed by atoms with Gasteiger partial charge in [0.25, 0.3) is 5.91 Å². The number of amides is 1. The molecule has 1 atom stereocenters. The summed E-state index contributed by atoms with van der Waals surface area (Å²) in [5.41, 5.74) is 2.11. The fourth-order valence-corrected chi connectivity index (χ4v) is 3.34. The van der Waals surface area contributed by atoms with Crippen LogP contribution in [0.1, 0.15) is 36.0 Å². The molecule has 1 unspecified atom stereocenters. The minimum Gasteiger partial charge on any atom is -0.465 e. The van der Waals surface area contributed by atoms with Crippen LogP contribution < -0.4 is 10.6 Å². The van der Waals surface area contributed by atoms with E-state index < -0.39 is 12.1 Å². The molecule has 3 rings (SSSR count). The highest BCUT2D eigenvalue weighted by molar-refractivity contribution is 7.12. The molecule has 0 radical (unpaired) electrons. The molecule has 7 heteroatoms. The van der Waals surface area contributed by atoms with Gasteiger partial charge in [-0.1, -0.05) is 48.0 Å². The molecule has 3 aromatic rings. The Bertz CT molecular complexity index is 1010. The molecule has 0 aliphatic heterocycles. The average Bonchev–Trinajstić information content (AvgIpc) is 3.28. The molecule has 1 amide bonds. The number of hydrogen-bond acceptors (Lipinski definition) is 6. The van der Waals surface area contributed by atoms with Gasteiger partial charge in [-0.2, -0.15) is 0 Å². The van der Waals surface area contributed by atoms with Crippen LogP contribution >= 0.6 is 11.3 Å². The zero-order chi connectivity index (χ0) is 20.8. The van der Waals surface area contributed by atoms with Gasteiger partial charge in [0.05, 0.1) is 23.2 Å². The molecule has 0 bridgehead atoms. The Balaban J connectivity index is 1.92. The maximum Gasteiger partial charge on any atom is 0.339 e. The van der Waals surface area contributed by atoms with Gasteiger partial charge in [-0.3, -0.25) is 9.59 Å². The molecule has 0 saturated heterocycles. The van der Waals surface area contributed by atoms with E-state index in [9.17, 15) is 14.4 Å². The van der Waals surface area contributed by atoms with Gasteiger partial charge in [-0.05, 0) is 30.5 Å². The van der Waals surface area contributed by atoms with Crippen LogP contribution in [-0.4, -0.2) is 30.9 Å². The summed E-state index contributed by atoms with van der Waals surface area (Å²) in [5, 5.41) is 7.50. The minimum atomic E-state index is -1.07. The maximum absolute atomic E-state index is 13.1. The number of carbonyl (C=O) groups excluding carboxylic acids is 3. The van der Waals surface area contributed by atoms with Gasteiger partial charge in [0.2, 0.25) is 5.78 Å². The fraction of sp³-hybridized carbons (Fsp3) is 0.136. The van der Waals surface area contributed by atoms with E-state index in [1.807, 2.05) is 19.1 Å². The predicted molar refractivity (Wildman–Crippen MR) is 112 cm³/mol. The lowest BCUT2D eigenvalue weighted by atomic mass is 10.1. The Kier molecular flexibility index (Phi) is 6.41. The maximum atomic E-state index is 13.1. The van der Waals surface area contributed by atoms with Gasteiger partial charge in [0, 0.05) is 5.56 Å². The number of carbonyl (C=O) groups is 3. The largest absolute Gasteiger partial charge is 0.465 e. The predicted octanol–water partition coefficient (Wildman–Crippen LogP) is 3.89. The van der Waals surface area contributed by atoms with E-state index >= 15 is 0 Å². The van der Waals surface area contributed by atoms with E-state index in [1.54, 1.807) is 53.9 Å². The summed E-state index contributed by atoms with van der Waals surface area (Å²) in [7, 11) is 1.28. The van der Waals surface area contributed by atoms with E-state index in [0.717, 1.165) is 5.56 Å². The van der Waals surface area contributed by atoms with Gasteiger partial charge in [-0.25, -0.2) is 4.79 Å². The van der Waals surface area contributed by atoms with E-state index in [-0.39, 0.29) is 17.3 Å². The SMILES string of the molecule is COC(=O)c1ccccc1NC(NC(=O)c1cccs1)C(=O)c1ccc(C)cc1. The molecular weight excluding hydrogens is 388 g/mol. The number of anilines is 1. The van der Waals surface area contributed by atoms with Crippen molar-refractivity contribution in [3.8, 4) is 0 Å². The molecule has 6 nitrogen and oxygen atoms in total. The lowest BCUT2D eigenvalue weighted by molar-refractivity contribution is 0.0601. The average molecular weight is 408 g/mol. The first kappa shape index (κ1) is 20.3. The number of aryl methyl sites for hydroxylation is 1. The van der Waals surface area contributed by atoms with E-state index in [4.69, 9.17) is 4.74 Å². The Morgan fingerprint density at radius 3 is 2.34 bits per heavy atom. The highest BCUT2D eigenvalue weighted by atomic mass is 32.1. The molecule has 0 spiro atoms. The second-order valence-corrected chi connectivity index (χ2v) is 7.24. The lowest BCUT2D eigenvalue weighted by Crippen LogP contribution is -2.46. The number of para-hydroxylation sites is 1. The number of ketones is 1. The summed E-state index contributed by atoms with van der Waals surface area (Å²) in [4.78, 5) is 38.3. The summed E-state index contributed by atoms with van der Waals surface area (Å²) < 4.78 is 4.81. The van der Waals surface area contributed by atoms with Crippen LogP contribution in [0.25, 0.3) is 0 Å². The highest BCUT2D eigenvalue weighted by Gasteiger charge is 2.25. The van der Waals surface area contributed by atoms with Crippen molar-refractivity contribution in [3.63, 3.8) is 0 Å². The molecular formula is C22H20N2O4S. The van der Waals surface area contributed by atoms with Crippen molar-refractivity contribution < 1.29 is 19.1 Å². The molecule has 0 saturated carbocycles. The van der Waals surface area contributed by atoms with Gasteiger partial charge < -0.3 is 15.4 Å². The molecule has 2 N–H and O–H groups in total. The third-order valence-corrected chi connectivity index (χ3v) is 5.12. The monoisotopic (exact) mass is 408 g/mol. The molecule has 29 heavy (non-hydrogen) atoms. The van der Waals surface area contributed by atoms with Crippen molar-refractivity contribution in [2.75, 3.05) is 12.4 Å². The summed E-state index contributed by atoms with van der Waals surface area (Å²) >= 11 is 1.28. The molecule has 1 aromatic heterocycles. The summed E-state index contributed by atoms with van der Waals surface area (Å²) in [5.74, 6) is -1.25. The van der Waals surface area contributed by atoms with Crippen LogP contribution in [0.3, 0.4) is 0 Å². The number of hydrogen-bond donors (Lipinski definition) is 2. The number of Topliss-reactive ketones (excluding diaryl/α,β-unsaturated/α-hetero) is 1. The van der Waals surface area contributed by atoms with E-state index in [1.165, 1.54) is 18.4 Å². The molecule has 0 fully saturated rings. The smallest absolute Gasteiger partial charge is 0.339 e. The third kappa shape index (κ3) is 4.89. The normalized spacial score (nSPS) is 11.4. The Morgan fingerprint density at radius 1 is 0.966 bits per heavy atom. The molecule has 1 heterocycles. The second-order valence-electron chi connectivity index (χ2n) is 6.30. The van der Waals surface area contributed by atoms with Gasteiger partial charge in [-0.15, -0.1) is 11.3 Å². The van der Waals surface area contributed by atoms with Gasteiger partial charge >= 0.3 is 5.97 Å². The first-order valence-electron chi connectivity index (χ1n) is 8.88. The van der Waals surface area contributed by atoms with Crippen molar-refractivity contribution in [1.82, 2.24) is 5.32 Å². The molecule has 148 valence electrons. The number of rotatable bonds is 7. The standard InChI is InChI=1S/C22H20N2O4S/c1-14-9-11-15(12-10-14)19(25)20(24-21(26)18-8-5-13-29-18)23-17-7-4-3-6-16(17)22(27)28-2/h3-13,20,23H,1-2H3,(H,24,26). The molecule has 0 aliphatic carbocycles. The van der Waals surface area contributed by atoms with Crippen LogP contribution in [0.4, 0.5) is 5.69 Å². The van der Waals surface area contributed by atoms with Crippen molar-refractivity contribution in [2.45, 2.75) is 13.1 Å². The van der Waals surface area contributed by atoms with Crippen LogP contribution in [-0.2, 0) is 4.74 Å². The van der Waals surface area contributed by atoms with Crippen LogP contribution in [0.2, 0.25) is 0 Å². The number of methoxy groups -OCH3 is 1. The number of esters is 1. The summed E-state index contributed by atoms with van der Waals surface area (Å²) in [6, 6.07) is 17.2. The Hall–Kier alpha value is -3.45. The number of ether oxygens (including phenoxy) is 1. The van der Waals surface area contributed by atoms with Gasteiger partial charge in [0.15, 0.2) is 6.17 Å². The summed E-state index contributed by atoms with van der Waals surface area (Å²) in [6.45, 7) is 1.93. The van der Waals surface area contributed by atoms with Crippen LogP contribution in [0.5, 0.6) is 0 Å². The second kappa shape index (κ2) is 9.16. The zero-order valence-corrected chi connectivity index (χ0v) is 16.8. The minimum absolute atomic E-state index is 0.266. The first-order chi connectivity index (χ1) is 14.0. The van der Waals surface area contributed by atoms with Crippen LogP contribution in [0.15, 0.2) is 66.0 Å². The molecule has 2 aromatic carbocycles. The Morgan fingerprint density at radius 2 is 1.69 bits per heavy atom. The van der Waals surface area contributed by atoms with Crippen molar-refractivity contribution in [3.05, 3.63) is 87.6 Å². The Labute approximate surface area is 172 Å².